The quantitative estimate of drug-likeness (QED) is 0.897. The van der Waals surface area contributed by atoms with E-state index in [4.69, 9.17) is 16.3 Å². The van der Waals surface area contributed by atoms with Gasteiger partial charge in [-0.05, 0) is 32.4 Å². The fourth-order valence-corrected chi connectivity index (χ4v) is 2.17. The van der Waals surface area contributed by atoms with Crippen LogP contribution < -0.4 is 10.1 Å². The molecule has 0 fully saturated rings. The third-order valence-electron chi connectivity index (χ3n) is 3.27. The van der Waals surface area contributed by atoms with Gasteiger partial charge in [0.05, 0.1) is 23.5 Å². The molecule has 21 heavy (non-hydrogen) atoms. The molecule has 5 heteroatoms. The van der Waals surface area contributed by atoms with Gasteiger partial charge in [-0.25, -0.2) is 9.97 Å². The van der Waals surface area contributed by atoms with Crippen molar-refractivity contribution in [1.82, 2.24) is 9.97 Å². The minimum absolute atomic E-state index is 0.584. The highest BCUT2D eigenvalue weighted by molar-refractivity contribution is 6.32. The molecular weight excluding hydrogens is 286 g/mol. The highest BCUT2D eigenvalue weighted by Crippen LogP contribution is 2.32. The van der Waals surface area contributed by atoms with Crippen LogP contribution in [0.1, 0.15) is 24.7 Å². The first kappa shape index (κ1) is 15.6. The molecule has 1 aromatic heterocycles. The van der Waals surface area contributed by atoms with Gasteiger partial charge in [0, 0.05) is 12.1 Å². The molecule has 1 aromatic carbocycles. The minimum Gasteiger partial charge on any atom is -0.495 e. The molecule has 0 spiro atoms. The number of methoxy groups -OCH3 is 1. The van der Waals surface area contributed by atoms with E-state index >= 15 is 0 Å². The van der Waals surface area contributed by atoms with Crippen molar-refractivity contribution in [2.75, 3.05) is 19.0 Å². The van der Waals surface area contributed by atoms with E-state index in [9.17, 15) is 0 Å². The summed E-state index contributed by atoms with van der Waals surface area (Å²) in [7, 11) is 1.60. The van der Waals surface area contributed by atoms with E-state index in [-0.39, 0.29) is 0 Å². The highest BCUT2D eigenvalue weighted by Gasteiger charge is 2.13. The van der Waals surface area contributed by atoms with Crippen LogP contribution in [0.3, 0.4) is 0 Å². The maximum Gasteiger partial charge on any atom is 0.152 e. The molecule has 2 rings (SSSR count). The van der Waals surface area contributed by atoms with Crippen LogP contribution in [-0.4, -0.2) is 23.6 Å². The van der Waals surface area contributed by atoms with Crippen molar-refractivity contribution in [3.8, 4) is 17.0 Å². The van der Waals surface area contributed by atoms with Gasteiger partial charge in [0.2, 0.25) is 0 Å². The van der Waals surface area contributed by atoms with E-state index in [0.29, 0.717) is 10.8 Å². The van der Waals surface area contributed by atoms with E-state index < -0.39 is 0 Å². The third kappa shape index (κ3) is 3.45. The lowest BCUT2D eigenvalue weighted by atomic mass is 10.1. The van der Waals surface area contributed by atoms with Crippen LogP contribution in [0.4, 0.5) is 5.82 Å². The Balaban J connectivity index is 2.53. The average Bonchev–Trinajstić information content (AvgIpc) is 2.48. The van der Waals surface area contributed by atoms with Crippen molar-refractivity contribution in [3.63, 3.8) is 0 Å². The van der Waals surface area contributed by atoms with Gasteiger partial charge >= 0.3 is 0 Å². The molecule has 0 aliphatic carbocycles. The van der Waals surface area contributed by atoms with E-state index in [1.807, 2.05) is 32.0 Å². The summed E-state index contributed by atoms with van der Waals surface area (Å²) in [6, 6.07) is 5.63. The Morgan fingerprint density at radius 1 is 1.19 bits per heavy atom. The first-order chi connectivity index (χ1) is 10.1. The van der Waals surface area contributed by atoms with Crippen molar-refractivity contribution in [2.24, 2.45) is 0 Å². The molecule has 112 valence electrons. The lowest BCUT2D eigenvalue weighted by Gasteiger charge is -2.13. The molecule has 0 bridgehead atoms. The maximum atomic E-state index is 6.09. The molecule has 0 aliphatic rings. The van der Waals surface area contributed by atoms with Crippen molar-refractivity contribution >= 4 is 17.4 Å². The van der Waals surface area contributed by atoms with Gasteiger partial charge in [0.1, 0.15) is 11.4 Å². The second-order valence-electron chi connectivity index (χ2n) is 4.87. The summed E-state index contributed by atoms with van der Waals surface area (Å²) in [4.78, 5) is 9.29. The largest absolute Gasteiger partial charge is 0.495 e. The highest BCUT2D eigenvalue weighted by atomic mass is 35.5. The average molecular weight is 306 g/mol. The molecule has 2 aromatic rings. The van der Waals surface area contributed by atoms with E-state index in [1.165, 1.54) is 0 Å². The number of benzene rings is 1. The van der Waals surface area contributed by atoms with Gasteiger partial charge in [-0.15, -0.1) is 0 Å². The summed E-state index contributed by atoms with van der Waals surface area (Å²) in [5.41, 5.74) is 3.60. The van der Waals surface area contributed by atoms with E-state index in [0.717, 1.165) is 41.4 Å². The molecule has 0 saturated heterocycles. The smallest absolute Gasteiger partial charge is 0.152 e. The normalized spacial score (nSPS) is 10.5. The number of hydrogen-bond donors (Lipinski definition) is 1. The summed E-state index contributed by atoms with van der Waals surface area (Å²) < 4.78 is 5.28. The predicted molar refractivity (Wildman–Crippen MR) is 87.3 cm³/mol. The molecule has 0 unspecified atom stereocenters. The van der Waals surface area contributed by atoms with Crippen LogP contribution in [0.15, 0.2) is 18.2 Å². The Morgan fingerprint density at radius 3 is 2.57 bits per heavy atom. The van der Waals surface area contributed by atoms with Crippen molar-refractivity contribution in [1.29, 1.82) is 0 Å². The summed E-state index contributed by atoms with van der Waals surface area (Å²) >= 11 is 6.09. The fourth-order valence-electron chi connectivity index (χ4n) is 1.98. The molecular formula is C16H20ClN3O. The van der Waals surface area contributed by atoms with Gasteiger partial charge in [-0.2, -0.15) is 0 Å². The monoisotopic (exact) mass is 305 g/mol. The second kappa shape index (κ2) is 6.76. The minimum atomic E-state index is 0.584. The Hall–Kier alpha value is -1.81. The van der Waals surface area contributed by atoms with E-state index in [1.54, 1.807) is 7.11 Å². The number of aromatic nitrogens is 2. The molecule has 1 heterocycles. The van der Waals surface area contributed by atoms with Crippen LogP contribution in [0.25, 0.3) is 11.3 Å². The number of ether oxygens (including phenoxy) is 1. The van der Waals surface area contributed by atoms with Gasteiger partial charge in [0.25, 0.3) is 0 Å². The van der Waals surface area contributed by atoms with Crippen LogP contribution in [0, 0.1) is 13.8 Å². The Labute approximate surface area is 130 Å². The molecule has 0 amide bonds. The summed E-state index contributed by atoms with van der Waals surface area (Å²) in [5.74, 6) is 1.43. The molecule has 0 saturated carbocycles. The number of anilines is 1. The zero-order valence-corrected chi connectivity index (χ0v) is 13.6. The molecule has 0 atom stereocenters. The summed E-state index contributed by atoms with van der Waals surface area (Å²) in [6.45, 7) is 6.90. The number of rotatable bonds is 5. The zero-order valence-electron chi connectivity index (χ0n) is 12.8. The molecule has 4 nitrogen and oxygen atoms in total. The Morgan fingerprint density at radius 2 is 1.90 bits per heavy atom. The maximum absolute atomic E-state index is 6.09. The SMILES string of the molecule is CCCNc1nc(C)c(C)nc1-c1ccc(Cl)c(OC)c1. The van der Waals surface area contributed by atoms with Crippen molar-refractivity contribution in [2.45, 2.75) is 27.2 Å². The number of nitrogens with one attached hydrogen (secondary N) is 1. The van der Waals surface area contributed by atoms with Gasteiger partial charge in [-0.3, -0.25) is 0 Å². The van der Waals surface area contributed by atoms with Crippen LogP contribution >= 0.6 is 11.6 Å². The number of halogens is 1. The van der Waals surface area contributed by atoms with Crippen LogP contribution in [0.5, 0.6) is 5.75 Å². The van der Waals surface area contributed by atoms with Gasteiger partial charge in [0.15, 0.2) is 5.82 Å². The first-order valence-corrected chi connectivity index (χ1v) is 7.37. The zero-order chi connectivity index (χ0) is 15.4. The number of nitrogens with zero attached hydrogens (tertiary/aromatic N) is 2. The topological polar surface area (TPSA) is 47.0 Å². The fraction of sp³-hybridized carbons (Fsp3) is 0.375. The van der Waals surface area contributed by atoms with Crippen LogP contribution in [0.2, 0.25) is 5.02 Å². The standard InChI is InChI=1S/C16H20ClN3O/c1-5-8-18-16-15(19-10(2)11(3)20-16)12-6-7-13(17)14(9-12)21-4/h6-7,9H,5,8H2,1-4H3,(H,18,20). The van der Waals surface area contributed by atoms with Crippen LogP contribution in [-0.2, 0) is 0 Å². The second-order valence-corrected chi connectivity index (χ2v) is 5.27. The van der Waals surface area contributed by atoms with Crippen molar-refractivity contribution < 1.29 is 4.74 Å². The summed E-state index contributed by atoms with van der Waals surface area (Å²) in [5, 5.41) is 3.92. The Kier molecular flexibility index (Phi) is 5.02. The Bertz CT molecular complexity index is 644. The van der Waals surface area contributed by atoms with Crippen molar-refractivity contribution in [3.05, 3.63) is 34.6 Å². The summed E-state index contributed by atoms with van der Waals surface area (Å²) in [6.07, 6.45) is 1.03. The lowest BCUT2D eigenvalue weighted by Crippen LogP contribution is -2.07. The number of hydrogen-bond acceptors (Lipinski definition) is 4. The van der Waals surface area contributed by atoms with Gasteiger partial charge < -0.3 is 10.1 Å². The third-order valence-corrected chi connectivity index (χ3v) is 3.59. The number of aryl methyl sites for hydroxylation is 2. The van der Waals surface area contributed by atoms with E-state index in [2.05, 4.69) is 22.2 Å². The molecule has 0 radical (unpaired) electrons. The molecule has 1 N–H and O–H groups in total. The lowest BCUT2D eigenvalue weighted by molar-refractivity contribution is 0.415. The van der Waals surface area contributed by atoms with Gasteiger partial charge in [-0.1, -0.05) is 24.6 Å². The molecule has 0 aliphatic heterocycles. The first-order valence-electron chi connectivity index (χ1n) is 6.99. The predicted octanol–water partition coefficient (Wildman–Crippen LogP) is 4.24.